The zero-order chi connectivity index (χ0) is 22.1. The summed E-state index contributed by atoms with van der Waals surface area (Å²) < 4.78 is 33.0. The van der Waals surface area contributed by atoms with Crippen LogP contribution >= 0.6 is 23.2 Å². The highest BCUT2D eigenvalue weighted by Gasteiger charge is 2.45. The zero-order valence-corrected chi connectivity index (χ0v) is 19.3. The molecule has 0 atom stereocenters. The lowest BCUT2D eigenvalue weighted by atomic mass is 9.73. The number of hydrogen-bond donors (Lipinski definition) is 0. The Balaban J connectivity index is 1.53. The summed E-state index contributed by atoms with van der Waals surface area (Å²) in [5.74, 6) is 0.0212. The fraction of sp³-hybridized carbons (Fsp3) is 0.409. The fourth-order valence-corrected chi connectivity index (χ4v) is 6.38. The van der Waals surface area contributed by atoms with E-state index < -0.39 is 15.4 Å². The van der Waals surface area contributed by atoms with Crippen molar-refractivity contribution in [3.63, 3.8) is 0 Å². The Kier molecular flexibility index (Phi) is 6.60. The number of rotatable bonds is 4. The van der Waals surface area contributed by atoms with Crippen LogP contribution in [-0.2, 0) is 25.0 Å². The van der Waals surface area contributed by atoms with E-state index in [9.17, 15) is 13.2 Å². The number of hydrogen-bond acceptors (Lipinski definition) is 4. The summed E-state index contributed by atoms with van der Waals surface area (Å²) >= 11 is 12.2. The Hall–Kier alpha value is -1.64. The Bertz CT molecular complexity index is 1050. The Morgan fingerprint density at radius 3 is 2.13 bits per heavy atom. The van der Waals surface area contributed by atoms with Gasteiger partial charge in [-0.2, -0.15) is 4.31 Å². The van der Waals surface area contributed by atoms with E-state index >= 15 is 0 Å². The van der Waals surface area contributed by atoms with Gasteiger partial charge in [0.1, 0.15) is 4.90 Å². The van der Waals surface area contributed by atoms with Gasteiger partial charge in [-0.1, -0.05) is 47.5 Å². The van der Waals surface area contributed by atoms with Gasteiger partial charge in [0.25, 0.3) is 0 Å². The normalized spacial score (nSPS) is 19.9. The lowest BCUT2D eigenvalue weighted by molar-refractivity contribution is -0.142. The van der Waals surface area contributed by atoms with E-state index in [1.807, 2.05) is 12.1 Å². The van der Waals surface area contributed by atoms with Gasteiger partial charge in [0, 0.05) is 44.4 Å². The van der Waals surface area contributed by atoms with E-state index in [4.69, 9.17) is 27.9 Å². The number of amides is 1. The van der Waals surface area contributed by atoms with Crippen LogP contribution in [-0.4, -0.2) is 62.9 Å². The average Bonchev–Trinajstić information content (AvgIpc) is 2.80. The summed E-state index contributed by atoms with van der Waals surface area (Å²) in [5.41, 5.74) is 0.253. The molecule has 0 N–H and O–H groups in total. The van der Waals surface area contributed by atoms with Gasteiger partial charge in [-0.3, -0.25) is 4.79 Å². The molecule has 166 valence electrons. The van der Waals surface area contributed by atoms with Gasteiger partial charge in [0.15, 0.2) is 0 Å². The topological polar surface area (TPSA) is 66.9 Å². The first-order chi connectivity index (χ1) is 14.8. The molecule has 0 saturated carbocycles. The molecule has 2 aromatic carbocycles. The van der Waals surface area contributed by atoms with Crippen molar-refractivity contribution in [3.8, 4) is 0 Å². The number of carbonyl (C=O) groups is 1. The maximum atomic E-state index is 13.7. The van der Waals surface area contributed by atoms with Gasteiger partial charge in [-0.05, 0) is 42.7 Å². The molecular weight excluding hydrogens is 459 g/mol. The molecule has 0 spiro atoms. The zero-order valence-electron chi connectivity index (χ0n) is 17.0. The highest BCUT2D eigenvalue weighted by molar-refractivity contribution is 7.89. The SMILES string of the molecule is O=C(N1CCN(S(=O)(=O)c2ccccc2Cl)CC1)C1(c2ccc(Cl)cc2)CCOCC1. The molecule has 9 heteroatoms. The summed E-state index contributed by atoms with van der Waals surface area (Å²) in [6, 6.07) is 13.8. The van der Waals surface area contributed by atoms with Crippen molar-refractivity contribution in [2.75, 3.05) is 39.4 Å². The molecule has 2 aliphatic heterocycles. The molecule has 0 aromatic heterocycles. The monoisotopic (exact) mass is 482 g/mol. The van der Waals surface area contributed by atoms with Crippen LogP contribution in [0.4, 0.5) is 0 Å². The number of carbonyl (C=O) groups excluding carboxylic acids is 1. The molecule has 0 aliphatic carbocycles. The summed E-state index contributed by atoms with van der Waals surface area (Å²) in [4.78, 5) is 15.6. The lowest BCUT2D eigenvalue weighted by Gasteiger charge is -2.42. The van der Waals surface area contributed by atoms with Crippen molar-refractivity contribution in [1.29, 1.82) is 0 Å². The summed E-state index contributed by atoms with van der Waals surface area (Å²) in [6.45, 7) is 2.14. The molecule has 0 unspecified atom stereocenters. The van der Waals surface area contributed by atoms with E-state index in [0.29, 0.717) is 44.2 Å². The molecule has 2 saturated heterocycles. The predicted octanol–water partition coefficient (Wildman–Crippen LogP) is 3.57. The van der Waals surface area contributed by atoms with Crippen molar-refractivity contribution in [3.05, 3.63) is 64.1 Å². The Labute approximate surface area is 192 Å². The van der Waals surface area contributed by atoms with Crippen LogP contribution < -0.4 is 0 Å². The standard InChI is InChI=1S/C22H24Cl2N2O4S/c23-18-7-5-17(6-8-18)22(9-15-30-16-10-22)21(27)25-11-13-26(14-12-25)31(28,29)20-4-2-1-3-19(20)24/h1-8H,9-16H2. The van der Waals surface area contributed by atoms with Crippen LogP contribution in [0.3, 0.4) is 0 Å². The quantitative estimate of drug-likeness (QED) is 0.667. The molecule has 2 aliphatic rings. The molecular formula is C22H24Cl2N2O4S. The second kappa shape index (κ2) is 9.08. The Morgan fingerprint density at radius 1 is 0.903 bits per heavy atom. The van der Waals surface area contributed by atoms with Crippen molar-refractivity contribution < 1.29 is 17.9 Å². The third kappa shape index (κ3) is 4.34. The van der Waals surface area contributed by atoms with Crippen molar-refractivity contribution in [1.82, 2.24) is 9.21 Å². The second-order valence-corrected chi connectivity index (χ2v) is 10.6. The first-order valence-electron chi connectivity index (χ1n) is 10.2. The number of halogens is 2. The average molecular weight is 483 g/mol. The third-order valence-corrected chi connectivity index (χ3v) is 8.78. The van der Waals surface area contributed by atoms with Gasteiger partial charge in [-0.15, -0.1) is 0 Å². The number of sulfonamides is 1. The summed E-state index contributed by atoms with van der Waals surface area (Å²) in [6.07, 6.45) is 1.18. The first-order valence-corrected chi connectivity index (χ1v) is 12.4. The van der Waals surface area contributed by atoms with Gasteiger partial charge in [0.05, 0.1) is 10.4 Å². The van der Waals surface area contributed by atoms with E-state index in [1.54, 1.807) is 35.2 Å². The van der Waals surface area contributed by atoms with E-state index in [1.165, 1.54) is 10.4 Å². The third-order valence-electron chi connectivity index (χ3n) is 6.13. The van der Waals surface area contributed by atoms with Crippen LogP contribution in [0.5, 0.6) is 0 Å². The van der Waals surface area contributed by atoms with Crippen molar-refractivity contribution in [2.24, 2.45) is 0 Å². The first kappa shape index (κ1) is 22.6. The maximum absolute atomic E-state index is 13.7. The molecule has 6 nitrogen and oxygen atoms in total. The lowest BCUT2D eigenvalue weighted by Crippen LogP contribution is -2.56. The molecule has 31 heavy (non-hydrogen) atoms. The van der Waals surface area contributed by atoms with Gasteiger partial charge >= 0.3 is 0 Å². The smallest absolute Gasteiger partial charge is 0.244 e. The molecule has 4 rings (SSSR count). The molecule has 0 bridgehead atoms. The number of benzene rings is 2. The van der Waals surface area contributed by atoms with Crippen molar-refractivity contribution in [2.45, 2.75) is 23.2 Å². The largest absolute Gasteiger partial charge is 0.381 e. The van der Waals surface area contributed by atoms with Gasteiger partial charge in [-0.25, -0.2) is 8.42 Å². The molecule has 2 fully saturated rings. The minimum atomic E-state index is -3.71. The minimum absolute atomic E-state index is 0.0212. The number of ether oxygens (including phenoxy) is 1. The van der Waals surface area contributed by atoms with Crippen LogP contribution in [0.25, 0.3) is 0 Å². The van der Waals surface area contributed by atoms with Crippen LogP contribution in [0, 0.1) is 0 Å². The fourth-order valence-electron chi connectivity index (χ4n) is 4.34. The Morgan fingerprint density at radius 2 is 1.52 bits per heavy atom. The highest BCUT2D eigenvalue weighted by Crippen LogP contribution is 2.38. The molecule has 2 aromatic rings. The maximum Gasteiger partial charge on any atom is 0.244 e. The summed E-state index contributed by atoms with van der Waals surface area (Å²) in [5, 5.41) is 0.821. The van der Waals surface area contributed by atoms with Crippen LogP contribution in [0.15, 0.2) is 53.4 Å². The second-order valence-electron chi connectivity index (χ2n) is 7.83. The van der Waals surface area contributed by atoms with E-state index in [2.05, 4.69) is 0 Å². The highest BCUT2D eigenvalue weighted by atomic mass is 35.5. The van der Waals surface area contributed by atoms with E-state index in [-0.39, 0.29) is 28.9 Å². The number of piperazine rings is 1. The van der Waals surface area contributed by atoms with Gasteiger partial charge < -0.3 is 9.64 Å². The van der Waals surface area contributed by atoms with Crippen LogP contribution in [0.2, 0.25) is 10.0 Å². The predicted molar refractivity (Wildman–Crippen MR) is 120 cm³/mol. The van der Waals surface area contributed by atoms with Crippen molar-refractivity contribution >= 4 is 39.1 Å². The van der Waals surface area contributed by atoms with Crippen LogP contribution in [0.1, 0.15) is 18.4 Å². The molecule has 2 heterocycles. The molecule has 0 radical (unpaired) electrons. The van der Waals surface area contributed by atoms with E-state index in [0.717, 1.165) is 5.56 Å². The molecule has 1 amide bonds. The minimum Gasteiger partial charge on any atom is -0.381 e. The summed E-state index contributed by atoms with van der Waals surface area (Å²) in [7, 11) is -3.71. The number of nitrogens with zero attached hydrogens (tertiary/aromatic N) is 2. The van der Waals surface area contributed by atoms with Gasteiger partial charge in [0.2, 0.25) is 15.9 Å².